The molecule has 0 spiro atoms. The highest BCUT2D eigenvalue weighted by atomic mass is 16.3. The first-order valence-corrected chi connectivity index (χ1v) is 10.2. The van der Waals surface area contributed by atoms with Crippen LogP contribution in [-0.2, 0) is 6.54 Å². The molecule has 6 heteroatoms. The second-order valence-electron chi connectivity index (χ2n) is 8.01. The van der Waals surface area contributed by atoms with Crippen molar-refractivity contribution in [3.63, 3.8) is 0 Å². The van der Waals surface area contributed by atoms with Crippen LogP contribution in [-0.4, -0.2) is 50.4 Å². The zero-order valence-corrected chi connectivity index (χ0v) is 17.2. The second-order valence-corrected chi connectivity index (χ2v) is 8.01. The van der Waals surface area contributed by atoms with Crippen molar-refractivity contribution in [3.05, 3.63) is 60.9 Å². The lowest BCUT2D eigenvalue weighted by Crippen LogP contribution is -2.14. The van der Waals surface area contributed by atoms with Gasteiger partial charge < -0.3 is 19.6 Å². The van der Waals surface area contributed by atoms with E-state index < -0.39 is 0 Å². The first kappa shape index (κ1) is 18.5. The smallest absolute Gasteiger partial charge is 0.116 e. The zero-order chi connectivity index (χ0) is 20.7. The molecule has 152 valence electrons. The minimum atomic E-state index is 0.269. The lowest BCUT2D eigenvalue weighted by atomic mass is 10.0. The lowest BCUT2D eigenvalue weighted by Gasteiger charge is -2.10. The monoisotopic (exact) mass is 399 g/mol. The van der Waals surface area contributed by atoms with Crippen molar-refractivity contribution in [3.8, 4) is 28.3 Å². The molecule has 0 saturated carbocycles. The fraction of sp³-hybridized carbons (Fsp3) is 0.208. The largest absolute Gasteiger partial charge is 0.508 e. The number of benzene rings is 2. The molecule has 0 atom stereocenters. The van der Waals surface area contributed by atoms with Gasteiger partial charge in [-0.1, -0.05) is 18.2 Å². The van der Waals surface area contributed by atoms with Crippen molar-refractivity contribution in [2.45, 2.75) is 13.0 Å². The van der Waals surface area contributed by atoms with E-state index in [4.69, 9.17) is 0 Å². The summed E-state index contributed by atoms with van der Waals surface area (Å²) >= 11 is 0. The van der Waals surface area contributed by atoms with Gasteiger partial charge in [-0.05, 0) is 57.4 Å². The molecule has 0 amide bonds. The van der Waals surface area contributed by atoms with Gasteiger partial charge in [-0.15, -0.1) is 0 Å². The van der Waals surface area contributed by atoms with Gasteiger partial charge in [0.2, 0.25) is 0 Å². The van der Waals surface area contributed by atoms with E-state index in [9.17, 15) is 5.11 Å². The number of phenolic OH excluding ortho intramolecular Hbond substituents is 1. The Labute approximate surface area is 174 Å². The molecule has 0 fully saturated rings. The van der Waals surface area contributed by atoms with E-state index in [2.05, 4.69) is 63.1 Å². The fourth-order valence-corrected chi connectivity index (χ4v) is 4.14. The molecular weight excluding hydrogens is 374 g/mol. The Hall–Kier alpha value is -3.51. The summed E-state index contributed by atoms with van der Waals surface area (Å²) in [6, 6.07) is 15.9. The summed E-state index contributed by atoms with van der Waals surface area (Å²) in [7, 11) is 4.19. The minimum absolute atomic E-state index is 0.269. The number of phenols is 1. The Morgan fingerprint density at radius 2 is 1.93 bits per heavy atom. The number of aromatic hydroxyl groups is 1. The number of hydrogen-bond donors (Lipinski definition) is 3. The quantitative estimate of drug-likeness (QED) is 0.383. The van der Waals surface area contributed by atoms with Gasteiger partial charge in [-0.3, -0.25) is 5.10 Å². The Morgan fingerprint density at radius 3 is 2.77 bits per heavy atom. The molecule has 0 aliphatic rings. The van der Waals surface area contributed by atoms with E-state index in [1.165, 1.54) is 0 Å². The third kappa shape index (κ3) is 3.25. The molecular formula is C24H25N5O. The highest BCUT2D eigenvalue weighted by Gasteiger charge is 2.18. The summed E-state index contributed by atoms with van der Waals surface area (Å²) in [5.74, 6) is 0.269. The number of nitrogens with zero attached hydrogens (tertiary/aromatic N) is 3. The third-order valence-electron chi connectivity index (χ3n) is 5.58. The summed E-state index contributed by atoms with van der Waals surface area (Å²) < 4.78 is 2.27. The van der Waals surface area contributed by atoms with E-state index in [-0.39, 0.29) is 5.75 Å². The maximum atomic E-state index is 10.1. The predicted molar refractivity (Wildman–Crippen MR) is 122 cm³/mol. The first-order chi connectivity index (χ1) is 14.6. The molecule has 0 aliphatic carbocycles. The average molecular weight is 399 g/mol. The molecule has 3 heterocycles. The molecule has 0 bridgehead atoms. The summed E-state index contributed by atoms with van der Waals surface area (Å²) in [5.41, 5.74) is 6.13. The van der Waals surface area contributed by atoms with Crippen molar-refractivity contribution in [1.29, 1.82) is 0 Å². The molecule has 3 aromatic heterocycles. The Morgan fingerprint density at radius 1 is 1.07 bits per heavy atom. The Bertz CT molecular complexity index is 1290. The van der Waals surface area contributed by atoms with Crippen LogP contribution in [0.3, 0.4) is 0 Å². The van der Waals surface area contributed by atoms with Crippen LogP contribution in [0.5, 0.6) is 5.75 Å². The number of aryl methyl sites for hydroxylation is 1. The van der Waals surface area contributed by atoms with Crippen molar-refractivity contribution in [2.24, 2.45) is 0 Å². The van der Waals surface area contributed by atoms with Gasteiger partial charge in [-0.25, -0.2) is 0 Å². The number of nitrogens with one attached hydrogen (secondary N) is 2. The zero-order valence-electron chi connectivity index (χ0n) is 17.2. The van der Waals surface area contributed by atoms with Gasteiger partial charge in [0.15, 0.2) is 0 Å². The Kier molecular flexibility index (Phi) is 4.56. The first-order valence-electron chi connectivity index (χ1n) is 10.2. The number of aromatic nitrogens is 4. The topological polar surface area (TPSA) is 72.9 Å². The molecule has 3 N–H and O–H groups in total. The third-order valence-corrected chi connectivity index (χ3v) is 5.58. The van der Waals surface area contributed by atoms with Gasteiger partial charge in [0.1, 0.15) is 11.4 Å². The van der Waals surface area contributed by atoms with Crippen LogP contribution in [0.15, 0.2) is 60.9 Å². The van der Waals surface area contributed by atoms with Gasteiger partial charge in [0, 0.05) is 51.9 Å². The van der Waals surface area contributed by atoms with Gasteiger partial charge in [-0.2, -0.15) is 5.10 Å². The van der Waals surface area contributed by atoms with Crippen LogP contribution in [0, 0.1) is 0 Å². The fourth-order valence-electron chi connectivity index (χ4n) is 4.14. The lowest BCUT2D eigenvalue weighted by molar-refractivity contribution is 0.388. The van der Waals surface area contributed by atoms with Gasteiger partial charge >= 0.3 is 0 Å². The van der Waals surface area contributed by atoms with Gasteiger partial charge in [0.25, 0.3) is 0 Å². The van der Waals surface area contributed by atoms with E-state index >= 15 is 0 Å². The van der Waals surface area contributed by atoms with Crippen LogP contribution >= 0.6 is 0 Å². The van der Waals surface area contributed by atoms with Crippen LogP contribution in [0.4, 0.5) is 0 Å². The molecule has 5 aromatic rings. The van der Waals surface area contributed by atoms with Crippen LogP contribution < -0.4 is 0 Å². The highest BCUT2D eigenvalue weighted by Crippen LogP contribution is 2.38. The molecule has 0 radical (unpaired) electrons. The number of para-hydroxylation sites is 1. The molecule has 0 saturated heterocycles. The van der Waals surface area contributed by atoms with Gasteiger partial charge in [0.05, 0.1) is 5.69 Å². The van der Waals surface area contributed by atoms with E-state index in [1.807, 2.05) is 30.5 Å². The average Bonchev–Trinajstić information content (AvgIpc) is 3.43. The van der Waals surface area contributed by atoms with Crippen LogP contribution in [0.2, 0.25) is 0 Å². The summed E-state index contributed by atoms with van der Waals surface area (Å²) in [5, 5.41) is 19.9. The number of hydrogen-bond acceptors (Lipinski definition) is 3. The SMILES string of the molecule is CN(C)CCCn1cc(-c2c[nH]nc2-c2cc3ccccc3[nH]2)c2cc(O)ccc21. The number of rotatable bonds is 6. The van der Waals surface area contributed by atoms with Crippen molar-refractivity contribution >= 4 is 21.8 Å². The minimum Gasteiger partial charge on any atom is -0.508 e. The number of aromatic amines is 2. The number of fused-ring (bicyclic) bond motifs is 2. The summed E-state index contributed by atoms with van der Waals surface area (Å²) in [4.78, 5) is 5.67. The second kappa shape index (κ2) is 7.39. The standard InChI is InChI=1S/C24H25N5O/c1-28(2)10-5-11-29-15-20(18-13-17(30)8-9-23(18)29)19-14-25-27-24(19)22-12-16-6-3-4-7-21(16)26-22/h3-4,6-9,12-15,26,30H,5,10-11H2,1-2H3,(H,25,27). The summed E-state index contributed by atoms with van der Waals surface area (Å²) in [6.45, 7) is 1.94. The van der Waals surface area contributed by atoms with Crippen LogP contribution in [0.1, 0.15) is 6.42 Å². The summed E-state index contributed by atoms with van der Waals surface area (Å²) in [6.07, 6.45) is 5.16. The van der Waals surface area contributed by atoms with E-state index in [0.717, 1.165) is 63.8 Å². The molecule has 0 unspecified atom stereocenters. The van der Waals surface area contributed by atoms with Crippen molar-refractivity contribution in [1.82, 2.24) is 24.6 Å². The molecule has 30 heavy (non-hydrogen) atoms. The normalized spacial score (nSPS) is 11.8. The number of H-pyrrole nitrogens is 2. The van der Waals surface area contributed by atoms with Crippen molar-refractivity contribution < 1.29 is 5.11 Å². The molecule has 2 aromatic carbocycles. The predicted octanol–water partition coefficient (Wildman–Crippen LogP) is 4.84. The molecule has 6 nitrogen and oxygen atoms in total. The Balaban J connectivity index is 1.62. The van der Waals surface area contributed by atoms with Crippen molar-refractivity contribution in [2.75, 3.05) is 20.6 Å². The van der Waals surface area contributed by atoms with E-state index in [0.29, 0.717) is 0 Å². The maximum absolute atomic E-state index is 10.1. The van der Waals surface area contributed by atoms with E-state index in [1.54, 1.807) is 6.07 Å². The molecule has 5 rings (SSSR count). The highest BCUT2D eigenvalue weighted by molar-refractivity contribution is 6.00. The maximum Gasteiger partial charge on any atom is 0.116 e. The molecule has 0 aliphatic heterocycles. The van der Waals surface area contributed by atoms with Crippen LogP contribution in [0.25, 0.3) is 44.3 Å².